The summed E-state index contributed by atoms with van der Waals surface area (Å²) in [6.45, 7) is 1.21. The highest BCUT2D eigenvalue weighted by Crippen LogP contribution is 2.29. The van der Waals surface area contributed by atoms with Crippen molar-refractivity contribution in [2.45, 2.75) is 0 Å². The van der Waals surface area contributed by atoms with Gasteiger partial charge in [0.05, 0.1) is 22.2 Å². The lowest BCUT2D eigenvalue weighted by Gasteiger charge is -2.34. The van der Waals surface area contributed by atoms with Crippen LogP contribution in [0.5, 0.6) is 0 Å². The number of carbonyl (C=O) groups excluding carboxylic acids is 3. The minimum atomic E-state index is -1.02. The highest BCUT2D eigenvalue weighted by molar-refractivity contribution is 6.44. The van der Waals surface area contributed by atoms with Crippen molar-refractivity contribution in [1.82, 2.24) is 19.8 Å². The number of aromatic nitrogens is 2. The molecule has 0 unspecified atom stereocenters. The number of aromatic carboxylic acids is 1. The van der Waals surface area contributed by atoms with Crippen molar-refractivity contribution in [3.63, 3.8) is 0 Å². The quantitative estimate of drug-likeness (QED) is 0.333. The van der Waals surface area contributed by atoms with Crippen LogP contribution in [-0.4, -0.2) is 74.6 Å². The molecule has 4 aromatic rings. The van der Waals surface area contributed by atoms with Crippen LogP contribution in [0.25, 0.3) is 22.2 Å². The maximum absolute atomic E-state index is 13.1. The van der Waals surface area contributed by atoms with Crippen LogP contribution in [0.3, 0.4) is 0 Å². The number of pyridine rings is 1. The van der Waals surface area contributed by atoms with Crippen LogP contribution in [0.1, 0.15) is 31.1 Å². The van der Waals surface area contributed by atoms with E-state index in [-0.39, 0.29) is 30.1 Å². The van der Waals surface area contributed by atoms with E-state index < -0.39 is 17.7 Å². The van der Waals surface area contributed by atoms with E-state index in [4.69, 9.17) is 5.11 Å². The van der Waals surface area contributed by atoms with Crippen LogP contribution in [-0.2, 0) is 4.79 Å². The number of H-pyrrole nitrogens is 1. The van der Waals surface area contributed by atoms with Gasteiger partial charge < -0.3 is 19.9 Å². The zero-order valence-electron chi connectivity index (χ0n) is 19.2. The van der Waals surface area contributed by atoms with Crippen molar-refractivity contribution >= 4 is 34.6 Å². The van der Waals surface area contributed by atoms with Crippen molar-refractivity contribution < 1.29 is 24.3 Å². The number of carbonyl (C=O) groups is 4. The number of carboxylic acids is 1. The third-order valence-electron chi connectivity index (χ3n) is 6.32. The molecule has 0 aliphatic carbocycles. The maximum Gasteiger partial charge on any atom is 0.335 e. The fourth-order valence-corrected chi connectivity index (χ4v) is 4.37. The van der Waals surface area contributed by atoms with Crippen LogP contribution in [0.4, 0.5) is 0 Å². The molecule has 2 aromatic carbocycles. The van der Waals surface area contributed by atoms with E-state index in [1.165, 1.54) is 23.2 Å². The van der Waals surface area contributed by atoms with Crippen molar-refractivity contribution in [2.24, 2.45) is 0 Å². The molecule has 3 heterocycles. The number of rotatable bonds is 5. The molecule has 1 aliphatic heterocycles. The Bertz CT molecular complexity index is 1470. The molecule has 0 bridgehead atoms. The smallest absolute Gasteiger partial charge is 0.335 e. The summed E-state index contributed by atoms with van der Waals surface area (Å²) >= 11 is 0. The third kappa shape index (κ3) is 4.22. The summed E-state index contributed by atoms with van der Waals surface area (Å²) in [5.41, 5.74) is 3.35. The normalized spacial score (nSPS) is 13.6. The van der Waals surface area contributed by atoms with E-state index in [1.807, 2.05) is 6.07 Å². The monoisotopic (exact) mass is 482 g/mol. The van der Waals surface area contributed by atoms with E-state index in [2.05, 4.69) is 9.97 Å². The zero-order valence-corrected chi connectivity index (χ0v) is 19.2. The minimum absolute atomic E-state index is 0.0984. The first kappa shape index (κ1) is 23.0. The first-order valence-electron chi connectivity index (χ1n) is 11.4. The van der Waals surface area contributed by atoms with E-state index in [0.717, 1.165) is 11.1 Å². The summed E-state index contributed by atoms with van der Waals surface area (Å²) in [6, 6.07) is 17.1. The van der Waals surface area contributed by atoms with Gasteiger partial charge in [-0.25, -0.2) is 4.79 Å². The summed E-state index contributed by atoms with van der Waals surface area (Å²) in [7, 11) is 0. The van der Waals surface area contributed by atoms with Crippen LogP contribution in [0, 0.1) is 0 Å². The second kappa shape index (κ2) is 9.46. The van der Waals surface area contributed by atoms with Crippen LogP contribution >= 0.6 is 0 Å². The number of ketones is 1. The third-order valence-corrected chi connectivity index (χ3v) is 6.32. The van der Waals surface area contributed by atoms with Gasteiger partial charge in [0.2, 0.25) is 0 Å². The standard InChI is InChI=1S/C27H22N4O5/c32-24(26(34)31-14-12-30(13-15-31)25(33)18-4-2-1-3-5-18)21-16-29-22-20(10-11-28-23(21)22)17-6-8-19(9-7-17)27(35)36/h1-11,16,29H,12-15H2,(H,35,36). The van der Waals surface area contributed by atoms with Gasteiger partial charge in [0.15, 0.2) is 0 Å². The summed E-state index contributed by atoms with van der Waals surface area (Å²) in [5.74, 6) is -2.42. The number of carboxylic acid groups (broad SMARTS) is 1. The van der Waals surface area contributed by atoms with Crippen LogP contribution in [0.15, 0.2) is 73.1 Å². The fraction of sp³-hybridized carbons (Fsp3) is 0.148. The lowest BCUT2D eigenvalue weighted by atomic mass is 10.0. The number of hydrogen-bond acceptors (Lipinski definition) is 5. The minimum Gasteiger partial charge on any atom is -0.478 e. The molecular formula is C27H22N4O5. The topological polar surface area (TPSA) is 124 Å². The molecule has 0 radical (unpaired) electrons. The predicted molar refractivity (Wildman–Crippen MR) is 132 cm³/mol. The Balaban J connectivity index is 1.32. The van der Waals surface area contributed by atoms with Gasteiger partial charge in [0.1, 0.15) is 0 Å². The molecule has 0 spiro atoms. The lowest BCUT2D eigenvalue weighted by Crippen LogP contribution is -2.52. The predicted octanol–water partition coefficient (Wildman–Crippen LogP) is 3.10. The summed E-state index contributed by atoms with van der Waals surface area (Å²) < 4.78 is 0. The Morgan fingerprint density at radius 1 is 0.806 bits per heavy atom. The average Bonchev–Trinajstić information content (AvgIpc) is 3.37. The van der Waals surface area contributed by atoms with Gasteiger partial charge in [-0.3, -0.25) is 19.4 Å². The highest BCUT2D eigenvalue weighted by atomic mass is 16.4. The van der Waals surface area contributed by atoms with Gasteiger partial charge in [0.25, 0.3) is 17.6 Å². The van der Waals surface area contributed by atoms with E-state index in [0.29, 0.717) is 29.7 Å². The van der Waals surface area contributed by atoms with Gasteiger partial charge in [-0.2, -0.15) is 0 Å². The molecule has 5 rings (SSSR count). The number of nitrogens with zero attached hydrogens (tertiary/aromatic N) is 3. The maximum atomic E-state index is 13.1. The Labute approximate surface area is 206 Å². The summed E-state index contributed by atoms with van der Waals surface area (Å²) in [5, 5.41) is 9.13. The number of benzene rings is 2. The van der Waals surface area contributed by atoms with Crippen molar-refractivity contribution in [3.8, 4) is 11.1 Å². The van der Waals surface area contributed by atoms with Gasteiger partial charge in [-0.15, -0.1) is 0 Å². The molecular weight excluding hydrogens is 460 g/mol. The van der Waals surface area contributed by atoms with Crippen molar-refractivity contribution in [1.29, 1.82) is 0 Å². The summed E-state index contributed by atoms with van der Waals surface area (Å²) in [4.78, 5) is 60.5. The van der Waals surface area contributed by atoms with E-state index in [9.17, 15) is 19.2 Å². The number of piperazine rings is 1. The molecule has 2 amide bonds. The molecule has 9 heteroatoms. The van der Waals surface area contributed by atoms with Crippen molar-refractivity contribution in [2.75, 3.05) is 26.2 Å². The zero-order chi connectivity index (χ0) is 25.2. The molecule has 9 nitrogen and oxygen atoms in total. The average molecular weight is 482 g/mol. The first-order valence-corrected chi connectivity index (χ1v) is 11.4. The number of Topliss-reactive ketones (excluding diaryl/α,β-unsaturated/α-hetero) is 1. The summed E-state index contributed by atoms with van der Waals surface area (Å²) in [6.07, 6.45) is 3.02. The van der Waals surface area contributed by atoms with Crippen LogP contribution in [0.2, 0.25) is 0 Å². The molecule has 0 saturated carbocycles. The van der Waals surface area contributed by atoms with Crippen LogP contribution < -0.4 is 0 Å². The van der Waals surface area contributed by atoms with Gasteiger partial charge in [-0.1, -0.05) is 30.3 Å². The Kier molecular flexibility index (Phi) is 6.03. The Morgan fingerprint density at radius 2 is 1.47 bits per heavy atom. The van der Waals surface area contributed by atoms with Crippen molar-refractivity contribution in [3.05, 3.63) is 89.7 Å². The molecule has 1 aliphatic rings. The fourth-order valence-electron chi connectivity index (χ4n) is 4.37. The number of nitrogens with one attached hydrogen (secondary N) is 1. The molecule has 1 fully saturated rings. The van der Waals surface area contributed by atoms with E-state index >= 15 is 0 Å². The number of amides is 2. The molecule has 2 N–H and O–H groups in total. The highest BCUT2D eigenvalue weighted by Gasteiger charge is 2.30. The second-order valence-corrected chi connectivity index (χ2v) is 8.45. The molecule has 36 heavy (non-hydrogen) atoms. The largest absolute Gasteiger partial charge is 0.478 e. The Morgan fingerprint density at radius 3 is 2.14 bits per heavy atom. The molecule has 2 aromatic heterocycles. The lowest BCUT2D eigenvalue weighted by molar-refractivity contribution is -0.127. The first-order chi connectivity index (χ1) is 17.4. The number of aromatic amines is 1. The second-order valence-electron chi connectivity index (χ2n) is 8.45. The molecule has 0 atom stereocenters. The SMILES string of the molecule is O=C(O)c1ccc(-c2ccnc3c(C(=O)C(=O)N4CCN(C(=O)c5ccccc5)CC4)c[nH]c23)cc1. The molecule has 180 valence electrons. The number of hydrogen-bond donors (Lipinski definition) is 2. The van der Waals surface area contributed by atoms with Gasteiger partial charge in [0, 0.05) is 49.7 Å². The van der Waals surface area contributed by atoms with Gasteiger partial charge >= 0.3 is 5.97 Å². The number of fused-ring (bicyclic) bond motifs is 1. The molecule has 1 saturated heterocycles. The van der Waals surface area contributed by atoms with E-state index in [1.54, 1.807) is 53.6 Å². The van der Waals surface area contributed by atoms with Gasteiger partial charge in [-0.05, 0) is 35.9 Å². The Hall–Kier alpha value is -4.79.